The van der Waals surface area contributed by atoms with E-state index in [1.54, 1.807) is 0 Å². The molecule has 1 saturated carbocycles. The third-order valence-corrected chi connectivity index (χ3v) is 5.08. The molecule has 27 heavy (non-hydrogen) atoms. The largest absolute Gasteiger partial charge is 0.444 e. The summed E-state index contributed by atoms with van der Waals surface area (Å²) >= 11 is 0. The van der Waals surface area contributed by atoms with Crippen LogP contribution in [-0.2, 0) is 9.47 Å². The monoisotopic (exact) mass is 382 g/mol. The van der Waals surface area contributed by atoms with Crippen LogP contribution in [0.3, 0.4) is 0 Å². The minimum atomic E-state index is -0.560. The van der Waals surface area contributed by atoms with E-state index in [0.29, 0.717) is 0 Å². The number of hydrogen-bond acceptors (Lipinski definition) is 4. The summed E-state index contributed by atoms with van der Waals surface area (Å²) < 4.78 is 11.4. The molecule has 0 N–H and O–H groups in total. The van der Waals surface area contributed by atoms with E-state index in [1.807, 2.05) is 51.3 Å². The number of ether oxygens (including phenoxy) is 2. The molecule has 0 aromatic heterocycles. The number of rotatable bonds is 3. The van der Waals surface area contributed by atoms with Gasteiger partial charge in [0.15, 0.2) is 0 Å². The van der Waals surface area contributed by atoms with Crippen molar-refractivity contribution in [3.8, 4) is 0 Å². The van der Waals surface area contributed by atoms with Gasteiger partial charge in [0, 0.05) is 0 Å². The Bertz CT molecular complexity index is 491. The lowest BCUT2D eigenvalue weighted by molar-refractivity contribution is -0.00662. The zero-order valence-corrected chi connectivity index (χ0v) is 18.2. The van der Waals surface area contributed by atoms with Gasteiger partial charge in [-0.1, -0.05) is 26.2 Å². The molecule has 0 aromatic rings. The highest BCUT2D eigenvalue weighted by molar-refractivity contribution is 5.74. The van der Waals surface area contributed by atoms with Crippen LogP contribution in [0.4, 0.5) is 9.59 Å². The smallest absolute Gasteiger partial charge is 0.412 e. The molecule has 2 amide bonds. The van der Waals surface area contributed by atoms with Gasteiger partial charge in [-0.25, -0.2) is 9.59 Å². The van der Waals surface area contributed by atoms with Crippen LogP contribution in [-0.4, -0.2) is 51.4 Å². The average molecular weight is 383 g/mol. The first-order valence-electron chi connectivity index (χ1n) is 10.5. The van der Waals surface area contributed by atoms with Gasteiger partial charge in [0.2, 0.25) is 0 Å². The summed E-state index contributed by atoms with van der Waals surface area (Å²) in [6.07, 6.45) is 5.76. The first-order valence-corrected chi connectivity index (χ1v) is 10.5. The fourth-order valence-corrected chi connectivity index (χ4v) is 4.13. The van der Waals surface area contributed by atoms with E-state index in [9.17, 15) is 9.59 Å². The van der Waals surface area contributed by atoms with Gasteiger partial charge in [-0.2, -0.15) is 0 Å². The van der Waals surface area contributed by atoms with Crippen LogP contribution in [0.2, 0.25) is 0 Å². The molecule has 2 aliphatic rings. The third-order valence-electron chi connectivity index (χ3n) is 5.08. The topological polar surface area (TPSA) is 59.1 Å². The molecule has 0 bridgehead atoms. The second-order valence-electron chi connectivity index (χ2n) is 9.82. The summed E-state index contributed by atoms with van der Waals surface area (Å²) in [5, 5.41) is 0. The Balaban J connectivity index is 2.35. The van der Waals surface area contributed by atoms with Crippen LogP contribution in [0.15, 0.2) is 0 Å². The van der Waals surface area contributed by atoms with Gasteiger partial charge in [0.1, 0.15) is 17.4 Å². The second kappa shape index (κ2) is 8.27. The lowest BCUT2D eigenvalue weighted by atomic mass is 9.90. The van der Waals surface area contributed by atoms with Crippen molar-refractivity contribution < 1.29 is 19.1 Å². The number of carbonyl (C=O) groups is 2. The van der Waals surface area contributed by atoms with Gasteiger partial charge in [-0.05, 0) is 67.2 Å². The fraction of sp³-hybridized carbons (Fsp3) is 0.905. The van der Waals surface area contributed by atoms with E-state index in [-0.39, 0.29) is 30.4 Å². The van der Waals surface area contributed by atoms with Crippen LogP contribution in [0.25, 0.3) is 0 Å². The van der Waals surface area contributed by atoms with Gasteiger partial charge in [-0.3, -0.25) is 9.80 Å². The maximum absolute atomic E-state index is 13.1. The van der Waals surface area contributed by atoms with Gasteiger partial charge < -0.3 is 9.47 Å². The summed E-state index contributed by atoms with van der Waals surface area (Å²) in [4.78, 5) is 29.8. The SMILES string of the molecule is CCCCC1N(C(=O)OC(C)(C)C)[C@H]2CCCC[C@@H]2N1C(=O)OC(C)(C)C. The predicted octanol–water partition coefficient (Wildman–Crippen LogP) is 5.30. The number of hydrogen-bond donors (Lipinski definition) is 0. The highest BCUT2D eigenvalue weighted by Gasteiger charge is 2.53. The Morgan fingerprint density at radius 1 is 0.852 bits per heavy atom. The molecule has 2 atom stereocenters. The summed E-state index contributed by atoms with van der Waals surface area (Å²) in [5.74, 6) is 0. The number of amides is 2. The molecule has 6 nitrogen and oxygen atoms in total. The normalized spacial score (nSPS) is 24.0. The van der Waals surface area contributed by atoms with Gasteiger partial charge in [-0.15, -0.1) is 0 Å². The van der Waals surface area contributed by atoms with E-state index in [4.69, 9.17) is 9.47 Å². The number of carbonyl (C=O) groups excluding carboxylic acids is 2. The Hall–Kier alpha value is -1.46. The van der Waals surface area contributed by atoms with E-state index in [1.165, 1.54) is 0 Å². The highest BCUT2D eigenvalue weighted by Crippen LogP contribution is 2.40. The summed E-state index contributed by atoms with van der Waals surface area (Å²) in [6, 6.07) is 0.0333. The summed E-state index contributed by atoms with van der Waals surface area (Å²) in [7, 11) is 0. The maximum atomic E-state index is 13.1. The van der Waals surface area contributed by atoms with Crippen LogP contribution >= 0.6 is 0 Å². The fourth-order valence-electron chi connectivity index (χ4n) is 4.13. The third kappa shape index (κ3) is 5.52. The van der Waals surface area contributed by atoms with Crippen molar-refractivity contribution in [3.63, 3.8) is 0 Å². The van der Waals surface area contributed by atoms with Crippen molar-refractivity contribution in [2.45, 2.75) is 123 Å². The number of unbranched alkanes of at least 4 members (excludes halogenated alkanes) is 1. The molecule has 2 rings (SSSR count). The molecular formula is C21H38N2O4. The minimum absolute atomic E-state index is 0.0166. The van der Waals surface area contributed by atoms with E-state index >= 15 is 0 Å². The van der Waals surface area contributed by atoms with Crippen LogP contribution in [0.5, 0.6) is 0 Å². The van der Waals surface area contributed by atoms with Crippen LogP contribution in [0.1, 0.15) is 93.4 Å². The van der Waals surface area contributed by atoms with Gasteiger partial charge in [0.05, 0.1) is 12.1 Å². The van der Waals surface area contributed by atoms with Crippen LogP contribution < -0.4 is 0 Å². The zero-order valence-electron chi connectivity index (χ0n) is 18.2. The Morgan fingerprint density at radius 2 is 1.26 bits per heavy atom. The van der Waals surface area contributed by atoms with Crippen molar-refractivity contribution >= 4 is 12.2 Å². The number of nitrogens with zero attached hydrogens (tertiary/aromatic N) is 2. The summed E-state index contributed by atoms with van der Waals surface area (Å²) in [5.41, 5.74) is -1.12. The second-order valence-corrected chi connectivity index (χ2v) is 9.82. The van der Waals surface area contributed by atoms with Crippen molar-refractivity contribution in [2.75, 3.05) is 0 Å². The van der Waals surface area contributed by atoms with E-state index < -0.39 is 11.2 Å². The standard InChI is InChI=1S/C21H38N2O4/c1-8-9-14-17-22(18(24)26-20(2,3)4)15-12-10-11-13-16(15)23(17)19(25)27-21(5,6)7/h15-17H,8-14H2,1-7H3/t15-,16-/m0/s1. The highest BCUT2D eigenvalue weighted by atomic mass is 16.6. The molecule has 0 spiro atoms. The average Bonchev–Trinajstić information content (AvgIpc) is 2.83. The zero-order chi connectivity index (χ0) is 20.4. The van der Waals surface area contributed by atoms with Crippen molar-refractivity contribution in [1.82, 2.24) is 9.80 Å². The molecular weight excluding hydrogens is 344 g/mol. The minimum Gasteiger partial charge on any atom is -0.444 e. The molecule has 0 aromatic carbocycles. The molecule has 1 saturated heterocycles. The van der Waals surface area contributed by atoms with E-state index in [0.717, 1.165) is 44.9 Å². The Morgan fingerprint density at radius 3 is 1.59 bits per heavy atom. The maximum Gasteiger partial charge on any atom is 0.412 e. The molecule has 1 aliphatic carbocycles. The molecule has 0 unspecified atom stereocenters. The Kier molecular flexibility index (Phi) is 6.69. The lowest BCUT2D eigenvalue weighted by Crippen LogP contribution is -2.48. The molecule has 0 radical (unpaired) electrons. The van der Waals surface area contributed by atoms with Crippen molar-refractivity contribution in [1.29, 1.82) is 0 Å². The lowest BCUT2D eigenvalue weighted by Gasteiger charge is -2.34. The quantitative estimate of drug-likeness (QED) is 0.664. The predicted molar refractivity (Wildman–Crippen MR) is 106 cm³/mol. The molecule has 1 heterocycles. The Labute approximate surface area is 164 Å². The van der Waals surface area contributed by atoms with Crippen molar-refractivity contribution in [3.05, 3.63) is 0 Å². The summed E-state index contributed by atoms with van der Waals surface area (Å²) in [6.45, 7) is 13.4. The van der Waals surface area contributed by atoms with Crippen LogP contribution in [0, 0.1) is 0 Å². The van der Waals surface area contributed by atoms with Crippen molar-refractivity contribution in [2.24, 2.45) is 0 Å². The van der Waals surface area contributed by atoms with Gasteiger partial charge >= 0.3 is 12.2 Å². The molecule has 2 fully saturated rings. The first-order chi connectivity index (χ1) is 12.4. The first kappa shape index (κ1) is 21.8. The van der Waals surface area contributed by atoms with E-state index in [2.05, 4.69) is 6.92 Å². The number of fused-ring (bicyclic) bond motifs is 1. The molecule has 6 heteroatoms. The van der Waals surface area contributed by atoms with Gasteiger partial charge in [0.25, 0.3) is 0 Å². The molecule has 156 valence electrons. The molecule has 1 aliphatic heterocycles.